The van der Waals surface area contributed by atoms with Gasteiger partial charge in [0.1, 0.15) is 0 Å². The van der Waals surface area contributed by atoms with E-state index in [0.29, 0.717) is 24.7 Å². The molecular formula is C13H22N4O2S. The minimum atomic E-state index is -3.47. The lowest BCUT2D eigenvalue weighted by Crippen LogP contribution is -2.43. The first-order chi connectivity index (χ1) is 9.53. The second-order valence-electron chi connectivity index (χ2n) is 5.20. The van der Waals surface area contributed by atoms with Crippen molar-refractivity contribution >= 4 is 15.9 Å². The van der Waals surface area contributed by atoms with Gasteiger partial charge in [0, 0.05) is 19.3 Å². The zero-order valence-corrected chi connectivity index (χ0v) is 12.8. The zero-order valence-electron chi connectivity index (χ0n) is 12.0. The van der Waals surface area contributed by atoms with E-state index in [0.717, 1.165) is 24.9 Å². The predicted molar refractivity (Wildman–Crippen MR) is 79.7 cm³/mol. The van der Waals surface area contributed by atoms with Crippen LogP contribution in [0.5, 0.6) is 0 Å². The Morgan fingerprint density at radius 1 is 1.40 bits per heavy atom. The summed E-state index contributed by atoms with van der Waals surface area (Å²) in [5.41, 5.74) is 1.42. The summed E-state index contributed by atoms with van der Waals surface area (Å²) in [5, 5.41) is 3.15. The van der Waals surface area contributed by atoms with Gasteiger partial charge < -0.3 is 5.32 Å². The van der Waals surface area contributed by atoms with E-state index in [-0.39, 0.29) is 0 Å². The van der Waals surface area contributed by atoms with Crippen molar-refractivity contribution in [1.29, 1.82) is 0 Å². The standard InChI is InChI=1S/C13H22N4O2S/c1-11-3-6-15-10-13(11)16-20(18,19)17-7-4-12(5-8-17)9-14-2/h3,6,10,12,14,16H,4-5,7-9H2,1-2H3. The number of nitrogens with one attached hydrogen (secondary N) is 2. The Morgan fingerprint density at radius 2 is 2.10 bits per heavy atom. The van der Waals surface area contributed by atoms with Gasteiger partial charge in [0.25, 0.3) is 0 Å². The minimum Gasteiger partial charge on any atom is -0.319 e. The van der Waals surface area contributed by atoms with Crippen molar-refractivity contribution in [1.82, 2.24) is 14.6 Å². The Kier molecular flexibility index (Phi) is 4.95. The van der Waals surface area contributed by atoms with Crippen molar-refractivity contribution in [3.05, 3.63) is 24.0 Å². The average Bonchev–Trinajstić information content (AvgIpc) is 2.42. The van der Waals surface area contributed by atoms with Crippen LogP contribution in [0.25, 0.3) is 0 Å². The maximum Gasteiger partial charge on any atom is 0.301 e. The fraction of sp³-hybridized carbons (Fsp3) is 0.615. The summed E-state index contributed by atoms with van der Waals surface area (Å²) < 4.78 is 28.8. The fourth-order valence-corrected chi connectivity index (χ4v) is 3.73. The molecule has 2 rings (SSSR count). The van der Waals surface area contributed by atoms with Gasteiger partial charge in [0.2, 0.25) is 0 Å². The van der Waals surface area contributed by atoms with Crippen molar-refractivity contribution in [2.75, 3.05) is 31.4 Å². The molecule has 0 spiro atoms. The first-order valence-electron chi connectivity index (χ1n) is 6.86. The Morgan fingerprint density at radius 3 is 2.70 bits per heavy atom. The molecule has 0 aromatic carbocycles. The lowest BCUT2D eigenvalue weighted by atomic mass is 9.98. The van der Waals surface area contributed by atoms with E-state index in [1.54, 1.807) is 18.5 Å². The van der Waals surface area contributed by atoms with E-state index in [1.807, 2.05) is 14.0 Å². The lowest BCUT2D eigenvalue weighted by Gasteiger charge is -2.31. The predicted octanol–water partition coefficient (Wildman–Crippen LogP) is 0.978. The third-order valence-corrected chi connectivity index (χ3v) is 5.21. The average molecular weight is 298 g/mol. The second kappa shape index (κ2) is 6.51. The number of piperidine rings is 1. The third-order valence-electron chi connectivity index (χ3n) is 3.68. The molecule has 1 aromatic rings. The molecule has 0 unspecified atom stereocenters. The highest BCUT2D eigenvalue weighted by Gasteiger charge is 2.27. The van der Waals surface area contributed by atoms with Crippen LogP contribution in [-0.4, -0.2) is 44.4 Å². The molecule has 7 heteroatoms. The van der Waals surface area contributed by atoms with Crippen molar-refractivity contribution in [2.45, 2.75) is 19.8 Å². The van der Waals surface area contributed by atoms with Crippen molar-refractivity contribution in [3.63, 3.8) is 0 Å². The largest absolute Gasteiger partial charge is 0.319 e. The zero-order chi connectivity index (χ0) is 14.6. The number of rotatable bonds is 5. The van der Waals surface area contributed by atoms with Gasteiger partial charge in [-0.3, -0.25) is 9.71 Å². The first kappa shape index (κ1) is 15.2. The topological polar surface area (TPSA) is 74.3 Å². The maximum atomic E-state index is 12.3. The van der Waals surface area contributed by atoms with Crippen LogP contribution in [-0.2, 0) is 10.2 Å². The first-order valence-corrected chi connectivity index (χ1v) is 8.30. The lowest BCUT2D eigenvalue weighted by molar-refractivity contribution is 0.272. The number of aromatic nitrogens is 1. The molecule has 1 aliphatic heterocycles. The maximum absolute atomic E-state index is 12.3. The molecular weight excluding hydrogens is 276 g/mol. The smallest absolute Gasteiger partial charge is 0.301 e. The van der Waals surface area contributed by atoms with Crippen LogP contribution in [0.2, 0.25) is 0 Å². The van der Waals surface area contributed by atoms with E-state index in [1.165, 1.54) is 4.31 Å². The summed E-state index contributed by atoms with van der Waals surface area (Å²) in [5.74, 6) is 0.562. The Hall–Kier alpha value is -1.18. The summed E-state index contributed by atoms with van der Waals surface area (Å²) in [4.78, 5) is 3.96. The summed E-state index contributed by atoms with van der Waals surface area (Å²) in [6.45, 7) is 3.95. The van der Waals surface area contributed by atoms with Crippen LogP contribution >= 0.6 is 0 Å². The van der Waals surface area contributed by atoms with Crippen LogP contribution < -0.4 is 10.0 Å². The van der Waals surface area contributed by atoms with Crippen molar-refractivity contribution in [2.24, 2.45) is 5.92 Å². The van der Waals surface area contributed by atoms with Gasteiger partial charge in [-0.25, -0.2) is 0 Å². The van der Waals surface area contributed by atoms with Gasteiger partial charge in [-0.2, -0.15) is 12.7 Å². The molecule has 2 N–H and O–H groups in total. The molecule has 20 heavy (non-hydrogen) atoms. The molecule has 1 aliphatic rings. The number of anilines is 1. The van der Waals surface area contributed by atoms with Gasteiger partial charge in [0.05, 0.1) is 11.9 Å². The molecule has 2 heterocycles. The van der Waals surface area contributed by atoms with E-state index < -0.39 is 10.2 Å². The number of hydrogen-bond acceptors (Lipinski definition) is 4. The van der Waals surface area contributed by atoms with Crippen LogP contribution in [0.1, 0.15) is 18.4 Å². The van der Waals surface area contributed by atoms with Crippen molar-refractivity contribution < 1.29 is 8.42 Å². The molecule has 0 atom stereocenters. The summed E-state index contributed by atoms with van der Waals surface area (Å²) >= 11 is 0. The summed E-state index contributed by atoms with van der Waals surface area (Å²) in [7, 11) is -1.55. The number of pyridine rings is 1. The summed E-state index contributed by atoms with van der Waals surface area (Å²) in [6.07, 6.45) is 4.98. The Labute approximate surface area is 120 Å². The van der Waals surface area contributed by atoms with E-state index in [4.69, 9.17) is 0 Å². The summed E-state index contributed by atoms with van der Waals surface area (Å²) in [6, 6.07) is 1.79. The molecule has 0 bridgehead atoms. The molecule has 1 fully saturated rings. The van der Waals surface area contributed by atoms with E-state index in [2.05, 4.69) is 15.0 Å². The molecule has 1 aromatic heterocycles. The van der Waals surface area contributed by atoms with E-state index >= 15 is 0 Å². The highest BCUT2D eigenvalue weighted by Crippen LogP contribution is 2.21. The van der Waals surface area contributed by atoms with Crippen LogP contribution in [0.15, 0.2) is 18.5 Å². The fourth-order valence-electron chi connectivity index (χ4n) is 2.42. The highest BCUT2D eigenvalue weighted by molar-refractivity contribution is 7.90. The molecule has 1 saturated heterocycles. The quantitative estimate of drug-likeness (QED) is 0.850. The van der Waals surface area contributed by atoms with Crippen LogP contribution in [0.4, 0.5) is 5.69 Å². The Balaban J connectivity index is 2.00. The molecule has 0 amide bonds. The normalized spacial score (nSPS) is 18.1. The van der Waals surface area contributed by atoms with Gasteiger partial charge in [-0.1, -0.05) is 0 Å². The van der Waals surface area contributed by atoms with Gasteiger partial charge in [-0.15, -0.1) is 0 Å². The van der Waals surface area contributed by atoms with Gasteiger partial charge >= 0.3 is 10.2 Å². The minimum absolute atomic E-state index is 0.546. The Bertz CT molecular complexity index is 539. The molecule has 0 saturated carbocycles. The number of nitrogens with zero attached hydrogens (tertiary/aromatic N) is 2. The van der Waals surface area contributed by atoms with Crippen LogP contribution in [0, 0.1) is 12.8 Å². The van der Waals surface area contributed by atoms with Crippen LogP contribution in [0.3, 0.4) is 0 Å². The SMILES string of the molecule is CNCC1CCN(S(=O)(=O)Nc2cnccc2C)CC1. The molecule has 6 nitrogen and oxygen atoms in total. The van der Waals surface area contributed by atoms with E-state index in [9.17, 15) is 8.42 Å². The number of hydrogen-bond donors (Lipinski definition) is 2. The number of aryl methyl sites for hydroxylation is 1. The van der Waals surface area contributed by atoms with Crippen molar-refractivity contribution in [3.8, 4) is 0 Å². The molecule has 112 valence electrons. The molecule has 0 aliphatic carbocycles. The van der Waals surface area contributed by atoms with Gasteiger partial charge in [-0.05, 0) is 50.9 Å². The molecule has 0 radical (unpaired) electrons. The second-order valence-corrected chi connectivity index (χ2v) is 6.87. The third kappa shape index (κ3) is 3.68. The van der Waals surface area contributed by atoms with Gasteiger partial charge in [0.15, 0.2) is 0 Å². The highest BCUT2D eigenvalue weighted by atomic mass is 32.2. The monoisotopic (exact) mass is 298 g/mol.